The van der Waals surface area contributed by atoms with E-state index < -0.39 is 5.97 Å². The monoisotopic (exact) mass is 209 g/mol. The molecule has 0 heterocycles. The Morgan fingerprint density at radius 1 is 1.53 bits per heavy atom. The van der Waals surface area contributed by atoms with Crippen LogP contribution in [0.15, 0.2) is 18.2 Å². The molecule has 0 amide bonds. The molecule has 0 atom stereocenters. The third-order valence-electron chi connectivity index (χ3n) is 2.00. The molecule has 0 aliphatic heterocycles. The smallest absolute Gasteiger partial charge is 0.338 e. The zero-order chi connectivity index (χ0) is 11.3. The number of carboxylic acid groups (broad SMARTS) is 1. The van der Waals surface area contributed by atoms with Gasteiger partial charge in [0.2, 0.25) is 0 Å². The number of benzene rings is 1. The van der Waals surface area contributed by atoms with E-state index in [0.717, 1.165) is 6.42 Å². The predicted molar refractivity (Wildman–Crippen MR) is 57.8 cm³/mol. The molecule has 0 fully saturated rings. The minimum atomic E-state index is -1.01. The SMILES string of the molecule is CCCOCc1cccc(N)c1C(=O)O. The van der Waals surface area contributed by atoms with E-state index in [0.29, 0.717) is 18.8 Å². The van der Waals surface area contributed by atoms with Gasteiger partial charge in [-0.3, -0.25) is 0 Å². The van der Waals surface area contributed by atoms with E-state index in [1.165, 1.54) is 0 Å². The molecule has 0 aliphatic carbocycles. The van der Waals surface area contributed by atoms with Gasteiger partial charge in [0.15, 0.2) is 0 Å². The molecular formula is C11H15NO3. The van der Waals surface area contributed by atoms with Crippen LogP contribution < -0.4 is 5.73 Å². The molecule has 0 unspecified atom stereocenters. The number of aromatic carboxylic acids is 1. The number of rotatable bonds is 5. The van der Waals surface area contributed by atoms with Crippen molar-refractivity contribution >= 4 is 11.7 Å². The maximum Gasteiger partial charge on any atom is 0.338 e. The lowest BCUT2D eigenvalue weighted by atomic mass is 10.1. The van der Waals surface area contributed by atoms with Gasteiger partial charge in [0.25, 0.3) is 0 Å². The average Bonchev–Trinajstić information content (AvgIpc) is 2.17. The van der Waals surface area contributed by atoms with Crippen molar-refractivity contribution in [3.8, 4) is 0 Å². The summed E-state index contributed by atoms with van der Waals surface area (Å²) in [6.07, 6.45) is 0.907. The van der Waals surface area contributed by atoms with Crippen molar-refractivity contribution in [3.63, 3.8) is 0 Å². The zero-order valence-corrected chi connectivity index (χ0v) is 8.69. The summed E-state index contributed by atoms with van der Waals surface area (Å²) in [7, 11) is 0. The zero-order valence-electron chi connectivity index (χ0n) is 8.69. The summed E-state index contributed by atoms with van der Waals surface area (Å²) in [5, 5.41) is 8.97. The molecule has 0 saturated heterocycles. The number of hydrogen-bond acceptors (Lipinski definition) is 3. The van der Waals surface area contributed by atoms with Gasteiger partial charge in [0.1, 0.15) is 0 Å². The highest BCUT2D eigenvalue weighted by atomic mass is 16.5. The van der Waals surface area contributed by atoms with Crippen LogP contribution in [0.3, 0.4) is 0 Å². The summed E-state index contributed by atoms with van der Waals surface area (Å²) in [4.78, 5) is 10.9. The Hall–Kier alpha value is -1.55. The fourth-order valence-electron chi connectivity index (χ4n) is 1.33. The minimum absolute atomic E-state index is 0.147. The largest absolute Gasteiger partial charge is 0.478 e. The Kier molecular flexibility index (Phi) is 4.12. The molecule has 4 heteroatoms. The van der Waals surface area contributed by atoms with Crippen LogP contribution >= 0.6 is 0 Å². The van der Waals surface area contributed by atoms with E-state index in [1.807, 2.05) is 6.92 Å². The van der Waals surface area contributed by atoms with Crippen LogP contribution in [-0.2, 0) is 11.3 Å². The topological polar surface area (TPSA) is 72.5 Å². The normalized spacial score (nSPS) is 10.2. The van der Waals surface area contributed by atoms with Crippen LogP contribution in [0.2, 0.25) is 0 Å². The quantitative estimate of drug-likeness (QED) is 0.573. The first-order chi connectivity index (χ1) is 7.16. The Bertz CT molecular complexity index is 350. The van der Waals surface area contributed by atoms with E-state index in [-0.39, 0.29) is 11.3 Å². The second-order valence-electron chi connectivity index (χ2n) is 3.24. The van der Waals surface area contributed by atoms with Gasteiger partial charge in [-0.1, -0.05) is 19.1 Å². The van der Waals surface area contributed by atoms with Crippen molar-refractivity contribution in [2.45, 2.75) is 20.0 Å². The maximum absolute atomic E-state index is 10.9. The molecule has 0 spiro atoms. The Balaban J connectivity index is 2.86. The van der Waals surface area contributed by atoms with Crippen molar-refractivity contribution in [2.75, 3.05) is 12.3 Å². The second-order valence-corrected chi connectivity index (χ2v) is 3.24. The van der Waals surface area contributed by atoms with Crippen molar-refractivity contribution in [1.82, 2.24) is 0 Å². The Labute approximate surface area is 88.7 Å². The second kappa shape index (κ2) is 5.36. The number of ether oxygens (including phenoxy) is 1. The Morgan fingerprint density at radius 3 is 2.87 bits per heavy atom. The van der Waals surface area contributed by atoms with Gasteiger partial charge < -0.3 is 15.6 Å². The maximum atomic E-state index is 10.9. The van der Waals surface area contributed by atoms with Crippen LogP contribution in [-0.4, -0.2) is 17.7 Å². The molecule has 82 valence electrons. The summed E-state index contributed by atoms with van der Waals surface area (Å²) in [6.45, 7) is 2.91. The van der Waals surface area contributed by atoms with Crippen molar-refractivity contribution in [3.05, 3.63) is 29.3 Å². The first-order valence-electron chi connectivity index (χ1n) is 4.85. The third kappa shape index (κ3) is 2.95. The molecule has 0 radical (unpaired) electrons. The highest BCUT2D eigenvalue weighted by Gasteiger charge is 2.13. The molecule has 1 aromatic rings. The third-order valence-corrected chi connectivity index (χ3v) is 2.00. The molecular weight excluding hydrogens is 194 g/mol. The lowest BCUT2D eigenvalue weighted by Crippen LogP contribution is -2.08. The summed E-state index contributed by atoms with van der Waals surface area (Å²) in [5.41, 5.74) is 6.64. The minimum Gasteiger partial charge on any atom is -0.478 e. The lowest BCUT2D eigenvalue weighted by Gasteiger charge is -2.08. The highest BCUT2D eigenvalue weighted by Crippen LogP contribution is 2.17. The molecule has 1 rings (SSSR count). The number of nitrogen functional groups attached to an aromatic ring is 1. The fraction of sp³-hybridized carbons (Fsp3) is 0.364. The Morgan fingerprint density at radius 2 is 2.27 bits per heavy atom. The standard InChI is InChI=1S/C11H15NO3/c1-2-6-15-7-8-4-3-5-9(12)10(8)11(13)14/h3-5H,2,6-7,12H2,1H3,(H,13,14). The number of hydrogen-bond donors (Lipinski definition) is 2. The van der Waals surface area contributed by atoms with Gasteiger partial charge in [-0.05, 0) is 18.1 Å². The van der Waals surface area contributed by atoms with Gasteiger partial charge in [-0.2, -0.15) is 0 Å². The van der Waals surface area contributed by atoms with Crippen molar-refractivity contribution in [2.24, 2.45) is 0 Å². The van der Waals surface area contributed by atoms with E-state index >= 15 is 0 Å². The summed E-state index contributed by atoms with van der Waals surface area (Å²) < 4.78 is 5.30. The van der Waals surface area contributed by atoms with E-state index in [4.69, 9.17) is 15.6 Å². The van der Waals surface area contributed by atoms with Gasteiger partial charge in [-0.15, -0.1) is 0 Å². The summed E-state index contributed by atoms with van der Waals surface area (Å²) >= 11 is 0. The molecule has 0 aliphatic rings. The first-order valence-corrected chi connectivity index (χ1v) is 4.85. The van der Waals surface area contributed by atoms with Gasteiger partial charge in [-0.25, -0.2) is 4.79 Å². The van der Waals surface area contributed by atoms with Crippen LogP contribution in [0.4, 0.5) is 5.69 Å². The first kappa shape index (κ1) is 11.5. The van der Waals surface area contributed by atoms with Gasteiger partial charge in [0, 0.05) is 12.3 Å². The van der Waals surface area contributed by atoms with E-state index in [2.05, 4.69) is 0 Å². The average molecular weight is 209 g/mol. The molecule has 1 aromatic carbocycles. The molecule has 4 nitrogen and oxygen atoms in total. The fourth-order valence-corrected chi connectivity index (χ4v) is 1.33. The predicted octanol–water partition coefficient (Wildman–Crippen LogP) is 1.89. The number of nitrogens with two attached hydrogens (primary N) is 1. The van der Waals surface area contributed by atoms with Crippen molar-refractivity contribution in [1.29, 1.82) is 0 Å². The molecule has 0 saturated carbocycles. The number of carbonyl (C=O) groups is 1. The van der Waals surface area contributed by atoms with Crippen LogP contribution in [0.25, 0.3) is 0 Å². The molecule has 3 N–H and O–H groups in total. The summed E-state index contributed by atoms with van der Waals surface area (Å²) in [6, 6.07) is 5.02. The van der Waals surface area contributed by atoms with E-state index in [1.54, 1.807) is 18.2 Å². The molecule has 0 aromatic heterocycles. The summed E-state index contributed by atoms with van der Waals surface area (Å²) in [5.74, 6) is -1.01. The van der Waals surface area contributed by atoms with E-state index in [9.17, 15) is 4.79 Å². The molecule has 15 heavy (non-hydrogen) atoms. The van der Waals surface area contributed by atoms with Crippen molar-refractivity contribution < 1.29 is 14.6 Å². The number of anilines is 1. The van der Waals surface area contributed by atoms with Crippen LogP contribution in [0.5, 0.6) is 0 Å². The van der Waals surface area contributed by atoms with Crippen LogP contribution in [0, 0.1) is 0 Å². The molecule has 0 bridgehead atoms. The van der Waals surface area contributed by atoms with Gasteiger partial charge in [0.05, 0.1) is 12.2 Å². The lowest BCUT2D eigenvalue weighted by molar-refractivity contribution is 0.0688. The number of carboxylic acids is 1. The van der Waals surface area contributed by atoms with Gasteiger partial charge >= 0.3 is 5.97 Å². The van der Waals surface area contributed by atoms with Crippen LogP contribution in [0.1, 0.15) is 29.3 Å². The highest BCUT2D eigenvalue weighted by molar-refractivity contribution is 5.95.